The van der Waals surface area contributed by atoms with Crippen LogP contribution >= 0.6 is 23.1 Å². The van der Waals surface area contributed by atoms with Crippen molar-refractivity contribution in [2.24, 2.45) is 0 Å². The number of aromatic nitrogens is 4. The van der Waals surface area contributed by atoms with E-state index >= 15 is 0 Å². The van der Waals surface area contributed by atoms with Crippen LogP contribution < -0.4 is 10.6 Å². The highest BCUT2D eigenvalue weighted by molar-refractivity contribution is 8.01. The van der Waals surface area contributed by atoms with Gasteiger partial charge in [0.1, 0.15) is 5.82 Å². The van der Waals surface area contributed by atoms with Gasteiger partial charge in [-0.25, -0.2) is 19.9 Å². The van der Waals surface area contributed by atoms with Crippen LogP contribution in [0.2, 0.25) is 0 Å². The van der Waals surface area contributed by atoms with Gasteiger partial charge in [0, 0.05) is 42.7 Å². The molecule has 2 fully saturated rings. The Bertz CT molecular complexity index is 1170. The van der Waals surface area contributed by atoms with E-state index < -0.39 is 0 Å². The van der Waals surface area contributed by atoms with Crippen molar-refractivity contribution in [2.75, 3.05) is 25.0 Å². The van der Waals surface area contributed by atoms with E-state index in [1.165, 1.54) is 49.8 Å². The van der Waals surface area contributed by atoms with Crippen molar-refractivity contribution in [3.63, 3.8) is 0 Å². The number of thioether (sulfide) groups is 1. The molecule has 0 amide bonds. The minimum atomic E-state index is 0.583. The topological polar surface area (TPSA) is 78.9 Å². The molecule has 6 rings (SSSR count). The van der Waals surface area contributed by atoms with Crippen LogP contribution in [-0.4, -0.2) is 55.8 Å². The highest BCUT2D eigenvalue weighted by Crippen LogP contribution is 2.40. The zero-order valence-corrected chi connectivity index (χ0v) is 21.9. The Morgan fingerprint density at radius 2 is 1.91 bits per heavy atom. The number of thiazole rings is 1. The van der Waals surface area contributed by atoms with Crippen LogP contribution in [-0.2, 0) is 13.0 Å². The third kappa shape index (κ3) is 5.38. The van der Waals surface area contributed by atoms with E-state index in [-0.39, 0.29) is 0 Å². The minimum Gasteiger partial charge on any atom is -0.317 e. The van der Waals surface area contributed by atoms with E-state index in [0.29, 0.717) is 12.0 Å². The number of rotatable bonds is 6. The van der Waals surface area contributed by atoms with Crippen molar-refractivity contribution in [1.29, 1.82) is 0 Å². The second kappa shape index (κ2) is 10.5. The van der Waals surface area contributed by atoms with Gasteiger partial charge >= 0.3 is 0 Å². The van der Waals surface area contributed by atoms with Gasteiger partial charge in [-0.3, -0.25) is 4.90 Å². The van der Waals surface area contributed by atoms with Crippen molar-refractivity contribution in [2.45, 2.75) is 74.0 Å². The Kier molecular flexibility index (Phi) is 7.00. The zero-order chi connectivity index (χ0) is 23.6. The van der Waals surface area contributed by atoms with Crippen molar-refractivity contribution < 1.29 is 0 Å². The summed E-state index contributed by atoms with van der Waals surface area (Å²) in [6.07, 6.45) is 10.6. The summed E-state index contributed by atoms with van der Waals surface area (Å²) in [4.78, 5) is 22.8. The van der Waals surface area contributed by atoms with Gasteiger partial charge in [-0.1, -0.05) is 30.7 Å². The summed E-state index contributed by atoms with van der Waals surface area (Å²) in [7, 11) is 0. The van der Waals surface area contributed by atoms with Gasteiger partial charge in [0.25, 0.3) is 0 Å². The molecule has 7 nitrogen and oxygen atoms in total. The Morgan fingerprint density at radius 1 is 1.06 bits per heavy atom. The van der Waals surface area contributed by atoms with Crippen LogP contribution in [0.5, 0.6) is 0 Å². The molecule has 35 heavy (non-hydrogen) atoms. The van der Waals surface area contributed by atoms with Gasteiger partial charge in [0.15, 0.2) is 4.34 Å². The molecule has 0 spiro atoms. The number of fused-ring (bicyclic) bond motifs is 1. The van der Waals surface area contributed by atoms with E-state index in [4.69, 9.17) is 15.0 Å². The smallest absolute Gasteiger partial charge is 0.228 e. The second-order valence-electron chi connectivity index (χ2n) is 9.81. The van der Waals surface area contributed by atoms with Crippen LogP contribution in [0.1, 0.15) is 55.5 Å². The molecule has 184 valence electrons. The maximum atomic E-state index is 4.93. The number of hydrogen-bond acceptors (Lipinski definition) is 9. The lowest BCUT2D eigenvalue weighted by Gasteiger charge is -2.37. The minimum absolute atomic E-state index is 0.583. The third-order valence-corrected chi connectivity index (χ3v) is 9.99. The molecule has 1 saturated carbocycles. The van der Waals surface area contributed by atoms with Gasteiger partial charge < -0.3 is 10.6 Å². The van der Waals surface area contributed by atoms with Gasteiger partial charge in [-0.05, 0) is 63.4 Å². The second-order valence-corrected chi connectivity index (χ2v) is 12.4. The number of nitrogens with zero attached hydrogens (tertiary/aromatic N) is 5. The first-order valence-corrected chi connectivity index (χ1v) is 14.6. The molecule has 3 aromatic heterocycles. The lowest BCUT2D eigenvalue weighted by Crippen LogP contribution is -2.45. The van der Waals surface area contributed by atoms with Gasteiger partial charge in [-0.15, -0.1) is 11.3 Å². The van der Waals surface area contributed by atoms with Crippen LogP contribution in [0.4, 0.5) is 11.8 Å². The molecular formula is C26H33N7S2. The highest BCUT2D eigenvalue weighted by atomic mass is 32.2. The maximum Gasteiger partial charge on any atom is 0.228 e. The number of nitrogens with one attached hydrogen (secondary N) is 2. The van der Waals surface area contributed by atoms with Gasteiger partial charge in [-0.2, -0.15) is 0 Å². The lowest BCUT2D eigenvalue weighted by molar-refractivity contribution is 0.146. The molecule has 3 aromatic rings. The Hall–Kier alpha value is -2.07. The van der Waals surface area contributed by atoms with E-state index in [9.17, 15) is 0 Å². The molecule has 0 unspecified atom stereocenters. The summed E-state index contributed by atoms with van der Waals surface area (Å²) in [5.74, 6) is 1.40. The molecular weight excluding hydrogens is 474 g/mol. The summed E-state index contributed by atoms with van der Waals surface area (Å²) in [6.45, 7) is 6.45. The molecule has 0 radical (unpaired) electrons. The molecule has 5 heterocycles. The fourth-order valence-electron chi connectivity index (χ4n) is 5.46. The monoisotopic (exact) mass is 507 g/mol. The average molecular weight is 508 g/mol. The van der Waals surface area contributed by atoms with Crippen molar-refractivity contribution in [3.8, 4) is 10.6 Å². The van der Waals surface area contributed by atoms with Gasteiger partial charge in [0.2, 0.25) is 5.95 Å². The van der Waals surface area contributed by atoms with Crippen molar-refractivity contribution in [1.82, 2.24) is 30.2 Å². The molecule has 3 aliphatic rings. The fourth-order valence-corrected chi connectivity index (χ4v) is 8.12. The molecule has 2 aliphatic heterocycles. The van der Waals surface area contributed by atoms with Crippen LogP contribution in [0.15, 0.2) is 28.7 Å². The SMILES string of the molecule is Cc1nc(SC2CCCC2)sc1-c1ccnc(Nc2ccc3c(n2)CCN(C2CCNCC2)C3)n1. The predicted molar refractivity (Wildman–Crippen MR) is 144 cm³/mol. The zero-order valence-electron chi connectivity index (χ0n) is 20.3. The Balaban J connectivity index is 1.14. The van der Waals surface area contributed by atoms with E-state index in [2.05, 4.69) is 39.6 Å². The average Bonchev–Trinajstić information content (AvgIpc) is 3.54. The van der Waals surface area contributed by atoms with E-state index in [1.807, 2.05) is 24.0 Å². The van der Waals surface area contributed by atoms with E-state index in [1.54, 1.807) is 11.3 Å². The first kappa shape index (κ1) is 23.3. The van der Waals surface area contributed by atoms with Crippen LogP contribution in [0.25, 0.3) is 10.6 Å². The fraction of sp³-hybridized carbons (Fsp3) is 0.538. The first-order chi connectivity index (χ1) is 17.2. The largest absolute Gasteiger partial charge is 0.317 e. The van der Waals surface area contributed by atoms with Crippen LogP contribution in [0.3, 0.4) is 0 Å². The predicted octanol–water partition coefficient (Wildman–Crippen LogP) is 5.19. The maximum absolute atomic E-state index is 4.93. The third-order valence-electron chi connectivity index (χ3n) is 7.38. The molecule has 1 saturated heterocycles. The number of aryl methyl sites for hydroxylation is 1. The van der Waals surface area contributed by atoms with Crippen molar-refractivity contribution in [3.05, 3.63) is 41.3 Å². The summed E-state index contributed by atoms with van der Waals surface area (Å²) in [5.41, 5.74) is 4.52. The summed E-state index contributed by atoms with van der Waals surface area (Å²) in [5, 5.41) is 7.54. The molecule has 2 N–H and O–H groups in total. The molecule has 1 aliphatic carbocycles. The normalized spacial score (nSPS) is 19.7. The molecule has 9 heteroatoms. The van der Waals surface area contributed by atoms with E-state index in [0.717, 1.165) is 64.3 Å². The standard InChI is InChI=1S/C26H33N7S2/c1-17-24(35-26(29-17)34-20-4-2-3-5-20)22-10-14-28-25(31-22)32-23-7-6-18-16-33(15-11-21(18)30-23)19-8-12-27-13-9-19/h6-7,10,14,19-20,27H,2-5,8-9,11-13,15-16H2,1H3,(H,28,30,31,32). The molecule has 0 atom stereocenters. The first-order valence-electron chi connectivity index (χ1n) is 12.9. The quantitative estimate of drug-likeness (QED) is 0.472. The lowest BCUT2D eigenvalue weighted by atomic mass is 9.99. The summed E-state index contributed by atoms with van der Waals surface area (Å²) < 4.78 is 1.16. The number of pyridine rings is 1. The number of hydrogen-bond donors (Lipinski definition) is 2. The Labute approximate surface area is 215 Å². The number of piperidine rings is 1. The highest BCUT2D eigenvalue weighted by Gasteiger charge is 2.26. The Morgan fingerprint density at radius 3 is 2.77 bits per heavy atom. The van der Waals surface area contributed by atoms with Crippen LogP contribution in [0, 0.1) is 6.92 Å². The summed E-state index contributed by atoms with van der Waals surface area (Å²) >= 11 is 3.70. The summed E-state index contributed by atoms with van der Waals surface area (Å²) in [6, 6.07) is 6.97. The van der Waals surface area contributed by atoms with Crippen molar-refractivity contribution >= 4 is 34.9 Å². The molecule has 0 bridgehead atoms. The number of anilines is 2. The van der Waals surface area contributed by atoms with Gasteiger partial charge in [0.05, 0.1) is 16.3 Å². The molecule has 0 aromatic carbocycles.